The van der Waals surface area contributed by atoms with Crippen molar-refractivity contribution in [2.24, 2.45) is 0 Å². The van der Waals surface area contributed by atoms with Crippen LogP contribution in [0.1, 0.15) is 37.9 Å². The molecule has 2 aromatic rings. The summed E-state index contributed by atoms with van der Waals surface area (Å²) in [5.41, 5.74) is 1.21. The number of hydrogen-bond donors (Lipinski definition) is 1. The van der Waals surface area contributed by atoms with Crippen LogP contribution in [-0.4, -0.2) is 66.0 Å². The highest BCUT2D eigenvalue weighted by molar-refractivity contribution is 6.46. The van der Waals surface area contributed by atoms with Gasteiger partial charge < -0.3 is 24.4 Å². The van der Waals surface area contributed by atoms with E-state index in [0.29, 0.717) is 48.9 Å². The van der Waals surface area contributed by atoms with Crippen molar-refractivity contribution in [3.05, 3.63) is 77.9 Å². The summed E-state index contributed by atoms with van der Waals surface area (Å²) in [6.45, 7) is 13.2. The summed E-state index contributed by atoms with van der Waals surface area (Å²) < 4.78 is 11.2. The maximum absolute atomic E-state index is 13.2. The summed E-state index contributed by atoms with van der Waals surface area (Å²) in [4.78, 5) is 30.1. The zero-order valence-corrected chi connectivity index (χ0v) is 20.7. The number of amides is 1. The van der Waals surface area contributed by atoms with Gasteiger partial charge in [-0.15, -0.1) is 0 Å². The van der Waals surface area contributed by atoms with Crippen LogP contribution < -0.4 is 9.47 Å². The minimum atomic E-state index is -0.732. The lowest BCUT2D eigenvalue weighted by Gasteiger charge is -2.28. The number of rotatable bonds is 12. The molecule has 0 spiro atoms. The van der Waals surface area contributed by atoms with Gasteiger partial charge in [0, 0.05) is 18.7 Å². The molecule has 0 bridgehead atoms. The number of hydrogen-bond acceptors (Lipinski definition) is 6. The van der Waals surface area contributed by atoms with Gasteiger partial charge in [0.1, 0.15) is 23.9 Å². The smallest absolute Gasteiger partial charge is 0.295 e. The average molecular weight is 479 g/mol. The molecule has 186 valence electrons. The molecule has 0 aliphatic carbocycles. The largest absolute Gasteiger partial charge is 0.507 e. The van der Waals surface area contributed by atoms with Gasteiger partial charge in [-0.2, -0.15) is 0 Å². The lowest BCUT2D eigenvalue weighted by Crippen LogP contribution is -2.38. The molecular weight excluding hydrogens is 444 g/mol. The number of ketones is 1. The van der Waals surface area contributed by atoms with Gasteiger partial charge in [-0.3, -0.25) is 9.59 Å². The van der Waals surface area contributed by atoms with Crippen molar-refractivity contribution in [3.8, 4) is 11.5 Å². The third-order valence-electron chi connectivity index (χ3n) is 6.07. The number of carbonyl (C=O) groups excluding carboxylic acids is 2. The van der Waals surface area contributed by atoms with Gasteiger partial charge in [0.15, 0.2) is 0 Å². The second kappa shape index (κ2) is 12.2. The molecule has 1 fully saturated rings. The summed E-state index contributed by atoms with van der Waals surface area (Å²) in [6.07, 6.45) is 1.65. The summed E-state index contributed by atoms with van der Waals surface area (Å²) in [7, 11) is 0. The van der Waals surface area contributed by atoms with Gasteiger partial charge in [-0.25, -0.2) is 0 Å². The number of ether oxygens (including phenoxy) is 2. The average Bonchev–Trinajstić information content (AvgIpc) is 3.13. The minimum Gasteiger partial charge on any atom is -0.507 e. The number of Topliss-reactive ketones (excluding diaryl/α,β-unsaturated/α-hetero) is 1. The second-order valence-electron chi connectivity index (χ2n) is 8.15. The second-order valence-corrected chi connectivity index (χ2v) is 8.15. The van der Waals surface area contributed by atoms with Gasteiger partial charge in [0.25, 0.3) is 11.7 Å². The van der Waals surface area contributed by atoms with Crippen LogP contribution in [-0.2, 0) is 9.59 Å². The zero-order chi connectivity index (χ0) is 25.4. The van der Waals surface area contributed by atoms with Gasteiger partial charge >= 0.3 is 0 Å². The third-order valence-corrected chi connectivity index (χ3v) is 6.07. The first-order chi connectivity index (χ1) is 16.9. The molecule has 1 amide bonds. The van der Waals surface area contributed by atoms with Crippen molar-refractivity contribution >= 4 is 17.4 Å². The van der Waals surface area contributed by atoms with E-state index >= 15 is 0 Å². The molecule has 0 aromatic heterocycles. The Bertz CT molecular complexity index is 1070. The maximum atomic E-state index is 13.2. The van der Waals surface area contributed by atoms with Crippen molar-refractivity contribution in [2.45, 2.75) is 26.8 Å². The molecule has 1 heterocycles. The molecule has 3 rings (SSSR count). The Balaban J connectivity index is 2.07. The van der Waals surface area contributed by atoms with Crippen LogP contribution in [0.15, 0.2) is 66.8 Å². The normalized spacial score (nSPS) is 17.1. The van der Waals surface area contributed by atoms with E-state index in [1.807, 2.05) is 25.1 Å². The predicted octanol–water partition coefficient (Wildman–Crippen LogP) is 4.41. The quantitative estimate of drug-likeness (QED) is 0.211. The van der Waals surface area contributed by atoms with E-state index < -0.39 is 17.7 Å². The number of likely N-dealkylation sites (N-methyl/N-ethyl adjacent to an activating group) is 1. The van der Waals surface area contributed by atoms with Gasteiger partial charge in [0.2, 0.25) is 0 Å². The Hall–Kier alpha value is -3.58. The molecular formula is C28H34N2O5. The lowest BCUT2D eigenvalue weighted by molar-refractivity contribution is -0.140. The summed E-state index contributed by atoms with van der Waals surface area (Å²) in [5.74, 6) is -0.269. The molecule has 0 unspecified atom stereocenters. The predicted molar refractivity (Wildman–Crippen MR) is 137 cm³/mol. The van der Waals surface area contributed by atoms with Gasteiger partial charge in [-0.05, 0) is 62.0 Å². The molecule has 1 aliphatic rings. The lowest BCUT2D eigenvalue weighted by atomic mass is 9.95. The first-order valence-corrected chi connectivity index (χ1v) is 12.0. The minimum absolute atomic E-state index is 0.0691. The molecule has 1 saturated heterocycles. The van der Waals surface area contributed by atoms with E-state index in [-0.39, 0.29) is 11.3 Å². The Labute approximate surface area is 207 Å². The Kier molecular flexibility index (Phi) is 9.09. The fraction of sp³-hybridized carbons (Fsp3) is 0.357. The Morgan fingerprint density at radius 2 is 1.77 bits per heavy atom. The fourth-order valence-electron chi connectivity index (χ4n) is 4.21. The van der Waals surface area contributed by atoms with E-state index in [4.69, 9.17) is 9.47 Å². The van der Waals surface area contributed by atoms with Crippen molar-refractivity contribution in [1.29, 1.82) is 0 Å². The molecule has 0 radical (unpaired) electrons. The zero-order valence-electron chi connectivity index (χ0n) is 20.7. The van der Waals surface area contributed by atoms with E-state index in [1.165, 1.54) is 0 Å². The first-order valence-electron chi connectivity index (χ1n) is 12.0. The highest BCUT2D eigenvalue weighted by Gasteiger charge is 2.46. The summed E-state index contributed by atoms with van der Waals surface area (Å²) >= 11 is 0. The number of nitrogens with zero attached hydrogens (tertiary/aromatic N) is 2. The van der Waals surface area contributed by atoms with Gasteiger partial charge in [0.05, 0.1) is 18.2 Å². The van der Waals surface area contributed by atoms with Crippen molar-refractivity contribution in [3.63, 3.8) is 0 Å². The molecule has 35 heavy (non-hydrogen) atoms. The Morgan fingerprint density at radius 3 is 2.40 bits per heavy atom. The van der Waals surface area contributed by atoms with Crippen LogP contribution in [0.4, 0.5) is 0 Å². The van der Waals surface area contributed by atoms with E-state index in [0.717, 1.165) is 13.1 Å². The van der Waals surface area contributed by atoms with Crippen LogP contribution in [0.2, 0.25) is 0 Å². The number of carbonyl (C=O) groups is 2. The monoisotopic (exact) mass is 478 g/mol. The van der Waals surface area contributed by atoms with Crippen molar-refractivity contribution < 1.29 is 24.2 Å². The number of aliphatic hydroxyl groups is 1. The van der Waals surface area contributed by atoms with Crippen LogP contribution in [0.5, 0.6) is 11.5 Å². The highest BCUT2D eigenvalue weighted by atomic mass is 16.5. The summed E-state index contributed by atoms with van der Waals surface area (Å²) in [5, 5.41) is 11.2. The number of likely N-dealkylation sites (tertiary alicyclic amines) is 1. The molecule has 1 atom stereocenters. The molecule has 1 aliphatic heterocycles. The molecule has 1 N–H and O–H groups in total. The summed E-state index contributed by atoms with van der Waals surface area (Å²) in [6, 6.07) is 13.4. The molecule has 0 saturated carbocycles. The Morgan fingerprint density at radius 1 is 1.06 bits per heavy atom. The van der Waals surface area contributed by atoms with Crippen LogP contribution in [0.3, 0.4) is 0 Å². The van der Waals surface area contributed by atoms with E-state index in [9.17, 15) is 14.7 Å². The topological polar surface area (TPSA) is 79.3 Å². The van der Waals surface area contributed by atoms with Crippen molar-refractivity contribution in [1.82, 2.24) is 9.80 Å². The van der Waals surface area contributed by atoms with Crippen LogP contribution in [0, 0.1) is 0 Å². The van der Waals surface area contributed by atoms with E-state index in [2.05, 4.69) is 25.3 Å². The number of benzene rings is 2. The fourth-order valence-corrected chi connectivity index (χ4v) is 4.21. The first kappa shape index (κ1) is 26.0. The maximum Gasteiger partial charge on any atom is 0.295 e. The molecule has 7 heteroatoms. The number of aliphatic hydroxyl groups excluding tert-OH is 1. The molecule has 7 nitrogen and oxygen atoms in total. The van der Waals surface area contributed by atoms with E-state index in [1.54, 1.807) is 41.3 Å². The van der Waals surface area contributed by atoms with Crippen molar-refractivity contribution in [2.75, 3.05) is 39.4 Å². The SMILES string of the molecule is C=CCOc1cccc([C@H]2/C(=C(\O)c3ccc(OCC)cc3)C(=O)C(=O)N2CCN(CC)CC)c1. The molecule has 2 aromatic carbocycles. The van der Waals surface area contributed by atoms with Crippen LogP contribution in [0.25, 0.3) is 5.76 Å². The van der Waals surface area contributed by atoms with Crippen LogP contribution >= 0.6 is 0 Å². The standard InChI is InChI=1S/C28H34N2O5/c1-5-18-35-23-11-9-10-21(19-23)25-24(26(31)20-12-14-22(15-13-20)34-8-4)27(32)28(33)30(25)17-16-29(6-2)7-3/h5,9-15,19,25,31H,1,6-8,16-18H2,2-4H3/b26-24+/t25-/m0/s1. The third kappa shape index (κ3) is 5.92. The van der Waals surface area contributed by atoms with Gasteiger partial charge in [-0.1, -0.05) is 38.6 Å². The highest BCUT2D eigenvalue weighted by Crippen LogP contribution is 2.40.